The first-order valence-electron chi connectivity index (χ1n) is 7.92. The van der Waals surface area contributed by atoms with Crippen LogP contribution in [-0.2, 0) is 9.59 Å². The number of ether oxygens (including phenoxy) is 1. The molecule has 1 aromatic rings. The number of fused-ring (bicyclic) bond motifs is 2. The van der Waals surface area contributed by atoms with Crippen molar-refractivity contribution < 1.29 is 24.5 Å². The van der Waals surface area contributed by atoms with Crippen molar-refractivity contribution in [2.24, 2.45) is 17.3 Å². The van der Waals surface area contributed by atoms with E-state index in [1.54, 1.807) is 12.1 Å². The summed E-state index contributed by atoms with van der Waals surface area (Å²) in [6, 6.07) is 3.38. The number of rotatable bonds is 4. The maximum atomic E-state index is 12.4. The maximum absolute atomic E-state index is 12.4. The SMILES string of the molecule is Cc1cc(O)c([C@H]2CC(=O)[C@H]3C[C@@H]2C3(C)C)c(OCC(=O)O)c1. The van der Waals surface area contributed by atoms with Gasteiger partial charge in [-0.15, -0.1) is 0 Å². The lowest BCUT2D eigenvalue weighted by Gasteiger charge is -2.59. The lowest BCUT2D eigenvalue weighted by Crippen LogP contribution is -2.56. The highest BCUT2D eigenvalue weighted by molar-refractivity contribution is 5.86. The van der Waals surface area contributed by atoms with E-state index in [1.165, 1.54) is 0 Å². The molecule has 124 valence electrons. The number of benzene rings is 1. The minimum atomic E-state index is -1.07. The molecule has 1 aromatic carbocycles. The molecule has 5 heteroatoms. The summed E-state index contributed by atoms with van der Waals surface area (Å²) in [6.07, 6.45) is 1.22. The van der Waals surface area contributed by atoms with E-state index in [1.807, 2.05) is 6.92 Å². The molecule has 0 saturated heterocycles. The smallest absolute Gasteiger partial charge is 0.341 e. The Kier molecular flexibility index (Phi) is 3.62. The van der Waals surface area contributed by atoms with Crippen molar-refractivity contribution in [3.63, 3.8) is 0 Å². The standard InChI is InChI=1S/C18H22O5/c1-9-4-14(20)17(15(5-9)23-8-16(21)22)10-6-13(19)12-7-11(10)18(12,2)3/h4-5,10-12,20H,6-8H2,1-3H3,(H,21,22)/t10-,11-,12+/m0/s1. The molecule has 3 aliphatic carbocycles. The van der Waals surface area contributed by atoms with Crippen molar-refractivity contribution in [1.29, 1.82) is 0 Å². The number of aryl methyl sites for hydroxylation is 1. The van der Waals surface area contributed by atoms with Crippen LogP contribution in [-0.4, -0.2) is 28.6 Å². The van der Waals surface area contributed by atoms with Crippen molar-refractivity contribution in [3.8, 4) is 11.5 Å². The Labute approximate surface area is 135 Å². The van der Waals surface area contributed by atoms with E-state index in [-0.39, 0.29) is 28.8 Å². The molecule has 0 unspecified atom stereocenters. The first kappa shape index (κ1) is 15.8. The van der Waals surface area contributed by atoms with Crippen molar-refractivity contribution >= 4 is 11.8 Å². The summed E-state index contributed by atoms with van der Waals surface area (Å²) in [5, 5.41) is 19.3. The number of carbonyl (C=O) groups excluding carboxylic acids is 1. The Balaban J connectivity index is 2.01. The lowest BCUT2D eigenvalue weighted by atomic mass is 9.44. The van der Waals surface area contributed by atoms with Crippen LogP contribution in [0.4, 0.5) is 0 Å². The monoisotopic (exact) mass is 318 g/mol. The van der Waals surface area contributed by atoms with Gasteiger partial charge in [0.05, 0.1) is 0 Å². The molecule has 0 aliphatic heterocycles. The fourth-order valence-electron chi connectivity index (χ4n) is 4.37. The van der Waals surface area contributed by atoms with Gasteiger partial charge in [-0.25, -0.2) is 4.79 Å². The number of Topliss-reactive ketones (excluding diaryl/α,β-unsaturated/α-hetero) is 1. The average Bonchev–Trinajstić information content (AvgIpc) is 2.43. The first-order valence-corrected chi connectivity index (χ1v) is 7.92. The Morgan fingerprint density at radius 3 is 2.65 bits per heavy atom. The van der Waals surface area contributed by atoms with Crippen molar-refractivity contribution in [2.45, 2.75) is 39.5 Å². The maximum Gasteiger partial charge on any atom is 0.341 e. The van der Waals surface area contributed by atoms with Crippen LogP contribution in [0.5, 0.6) is 11.5 Å². The minimum Gasteiger partial charge on any atom is -0.508 e. The van der Waals surface area contributed by atoms with E-state index in [4.69, 9.17) is 9.84 Å². The van der Waals surface area contributed by atoms with Crippen LogP contribution in [0.3, 0.4) is 0 Å². The molecule has 0 aromatic heterocycles. The molecule has 3 aliphatic rings. The summed E-state index contributed by atoms with van der Waals surface area (Å²) >= 11 is 0. The second-order valence-electron chi connectivity index (χ2n) is 7.37. The quantitative estimate of drug-likeness (QED) is 0.892. The molecule has 5 nitrogen and oxygen atoms in total. The largest absolute Gasteiger partial charge is 0.508 e. The van der Waals surface area contributed by atoms with Gasteiger partial charge in [0.2, 0.25) is 0 Å². The third kappa shape index (κ3) is 2.48. The van der Waals surface area contributed by atoms with Gasteiger partial charge in [0, 0.05) is 23.8 Å². The van der Waals surface area contributed by atoms with Gasteiger partial charge in [-0.05, 0) is 42.4 Å². The minimum absolute atomic E-state index is 0.0820. The molecule has 0 amide bonds. The zero-order valence-corrected chi connectivity index (χ0v) is 13.6. The normalized spacial score (nSPS) is 28.1. The molecule has 4 rings (SSSR count). The zero-order chi connectivity index (χ0) is 16.9. The van der Waals surface area contributed by atoms with E-state index < -0.39 is 12.6 Å². The van der Waals surface area contributed by atoms with Crippen LogP contribution in [0.1, 0.15) is 43.7 Å². The molecule has 0 heterocycles. The number of aromatic hydroxyl groups is 1. The van der Waals surface area contributed by atoms with Crippen molar-refractivity contribution in [2.75, 3.05) is 6.61 Å². The van der Waals surface area contributed by atoms with E-state index in [0.717, 1.165) is 12.0 Å². The third-order valence-corrected chi connectivity index (χ3v) is 5.63. The third-order valence-electron chi connectivity index (χ3n) is 5.63. The fourth-order valence-corrected chi connectivity index (χ4v) is 4.37. The van der Waals surface area contributed by atoms with E-state index >= 15 is 0 Å². The number of phenolic OH excluding ortho intramolecular Hbond substituents is 1. The van der Waals surface area contributed by atoms with Gasteiger partial charge in [-0.1, -0.05) is 13.8 Å². The van der Waals surface area contributed by atoms with Crippen LogP contribution in [0.15, 0.2) is 12.1 Å². The summed E-state index contributed by atoms with van der Waals surface area (Å²) in [5.41, 5.74) is 1.29. The van der Waals surface area contributed by atoms with Gasteiger partial charge < -0.3 is 14.9 Å². The molecule has 3 saturated carbocycles. The Morgan fingerprint density at radius 2 is 2.09 bits per heavy atom. The van der Waals surface area contributed by atoms with E-state index in [9.17, 15) is 14.7 Å². The van der Waals surface area contributed by atoms with Gasteiger partial charge >= 0.3 is 5.97 Å². The number of hydrogen-bond acceptors (Lipinski definition) is 4. The topological polar surface area (TPSA) is 83.8 Å². The molecule has 3 atom stereocenters. The van der Waals surface area contributed by atoms with Crippen molar-refractivity contribution in [1.82, 2.24) is 0 Å². The lowest BCUT2D eigenvalue weighted by molar-refractivity contribution is -0.152. The van der Waals surface area contributed by atoms with Crippen molar-refractivity contribution in [3.05, 3.63) is 23.3 Å². The Morgan fingerprint density at radius 1 is 1.39 bits per heavy atom. The zero-order valence-electron chi connectivity index (χ0n) is 13.6. The molecule has 0 spiro atoms. The molecular weight excluding hydrogens is 296 g/mol. The highest BCUT2D eigenvalue weighted by Crippen LogP contribution is 2.64. The summed E-state index contributed by atoms with van der Waals surface area (Å²) in [4.78, 5) is 23.2. The van der Waals surface area contributed by atoms with Gasteiger partial charge in [0.1, 0.15) is 17.3 Å². The molecule has 23 heavy (non-hydrogen) atoms. The molecular formula is C18H22O5. The number of carboxylic acids is 1. The predicted octanol–water partition coefficient (Wildman–Crippen LogP) is 2.88. The van der Waals surface area contributed by atoms with E-state index in [0.29, 0.717) is 23.7 Å². The summed E-state index contributed by atoms with van der Waals surface area (Å²) in [5.74, 6) is -0.0850. The molecule has 0 radical (unpaired) electrons. The van der Waals surface area contributed by atoms with Crippen LogP contribution in [0, 0.1) is 24.2 Å². The van der Waals surface area contributed by atoms with Gasteiger partial charge in [-0.2, -0.15) is 0 Å². The summed E-state index contributed by atoms with van der Waals surface area (Å²) < 4.78 is 5.41. The summed E-state index contributed by atoms with van der Waals surface area (Å²) in [7, 11) is 0. The second-order valence-corrected chi connectivity index (χ2v) is 7.37. The Bertz CT molecular complexity index is 676. The number of carboxylic acid groups (broad SMARTS) is 1. The number of phenols is 1. The fraction of sp³-hybridized carbons (Fsp3) is 0.556. The molecule has 3 fully saturated rings. The highest BCUT2D eigenvalue weighted by Gasteiger charge is 2.59. The number of aliphatic carboxylic acids is 1. The van der Waals surface area contributed by atoms with Crippen LogP contribution in [0.2, 0.25) is 0 Å². The van der Waals surface area contributed by atoms with Crippen LogP contribution >= 0.6 is 0 Å². The second kappa shape index (κ2) is 5.25. The molecule has 2 bridgehead atoms. The predicted molar refractivity (Wildman–Crippen MR) is 83.7 cm³/mol. The van der Waals surface area contributed by atoms with Crippen LogP contribution in [0.25, 0.3) is 0 Å². The molecule has 2 N–H and O–H groups in total. The van der Waals surface area contributed by atoms with Gasteiger partial charge in [0.25, 0.3) is 0 Å². The number of carbonyl (C=O) groups is 2. The summed E-state index contributed by atoms with van der Waals surface area (Å²) in [6.45, 7) is 5.54. The van der Waals surface area contributed by atoms with Gasteiger partial charge in [0.15, 0.2) is 6.61 Å². The van der Waals surface area contributed by atoms with E-state index in [2.05, 4.69) is 13.8 Å². The number of ketones is 1. The highest BCUT2D eigenvalue weighted by atomic mass is 16.5. The average molecular weight is 318 g/mol. The first-order chi connectivity index (χ1) is 10.7. The number of hydrogen-bond donors (Lipinski definition) is 2. The van der Waals surface area contributed by atoms with Gasteiger partial charge in [-0.3, -0.25) is 4.79 Å². The van der Waals surface area contributed by atoms with Crippen LogP contribution < -0.4 is 4.74 Å². The Hall–Kier alpha value is -2.04.